The van der Waals surface area contributed by atoms with E-state index < -0.39 is 5.97 Å². The van der Waals surface area contributed by atoms with Crippen LogP contribution in [-0.2, 0) is 11.3 Å². The fourth-order valence-corrected chi connectivity index (χ4v) is 4.96. The van der Waals surface area contributed by atoms with Crippen molar-refractivity contribution in [2.75, 3.05) is 18.1 Å². The molecular weight excluding hydrogens is 560 g/mol. The average molecular weight is 597 g/mol. The summed E-state index contributed by atoms with van der Waals surface area (Å²) in [5, 5.41) is 10.9. The Balaban J connectivity index is 1.40. The van der Waals surface area contributed by atoms with E-state index in [4.69, 9.17) is 9.47 Å². The van der Waals surface area contributed by atoms with Crippen molar-refractivity contribution >= 4 is 47.3 Å². The molecule has 6 nitrogen and oxygen atoms in total. The minimum atomic E-state index is -1.13. The van der Waals surface area contributed by atoms with E-state index in [9.17, 15) is 9.90 Å². The van der Waals surface area contributed by atoms with Crippen LogP contribution in [-0.4, -0.2) is 19.2 Å². The molecule has 0 bridgehead atoms. The quantitative estimate of drug-likeness (QED) is 0.105. The zero-order chi connectivity index (χ0) is 31.4. The van der Waals surface area contributed by atoms with Crippen LogP contribution in [0.25, 0.3) is 24.3 Å². The maximum atomic E-state index is 10.9. The van der Waals surface area contributed by atoms with Gasteiger partial charge in [-0.1, -0.05) is 72.8 Å². The van der Waals surface area contributed by atoms with Crippen LogP contribution < -0.4 is 24.0 Å². The SMILES string of the molecule is CCOc1cc(/C=C/c2cc[n+](CC(=O)[O-])cc2)c(OCC)cc1/C=C/c1ccc(N(c2ccccc2)c2ccccc2)cc1. The molecule has 0 N–H and O–H groups in total. The minimum Gasteiger partial charge on any atom is -0.544 e. The summed E-state index contributed by atoms with van der Waals surface area (Å²) in [7, 11) is 0. The molecule has 0 fully saturated rings. The molecule has 0 atom stereocenters. The molecule has 0 aliphatic heterocycles. The Labute approximate surface area is 264 Å². The number of pyridine rings is 1. The zero-order valence-electron chi connectivity index (χ0n) is 25.5. The molecule has 0 aliphatic rings. The van der Waals surface area contributed by atoms with Crippen molar-refractivity contribution < 1.29 is 23.9 Å². The fourth-order valence-electron chi connectivity index (χ4n) is 4.96. The van der Waals surface area contributed by atoms with Gasteiger partial charge in [0, 0.05) is 40.3 Å². The summed E-state index contributed by atoms with van der Waals surface area (Å²) in [6.07, 6.45) is 11.5. The number of aromatic nitrogens is 1. The fraction of sp³-hybridized carbons (Fsp3) is 0.128. The van der Waals surface area contributed by atoms with Crippen molar-refractivity contribution in [2.45, 2.75) is 20.4 Å². The molecule has 5 aromatic rings. The number of rotatable bonds is 13. The summed E-state index contributed by atoms with van der Waals surface area (Å²) in [5.41, 5.74) is 7.05. The summed E-state index contributed by atoms with van der Waals surface area (Å²) in [4.78, 5) is 13.1. The lowest BCUT2D eigenvalue weighted by Crippen LogP contribution is -2.43. The predicted octanol–water partition coefficient (Wildman–Crippen LogP) is 7.33. The van der Waals surface area contributed by atoms with Gasteiger partial charge in [-0.2, -0.15) is 4.57 Å². The van der Waals surface area contributed by atoms with Crippen molar-refractivity contribution in [3.05, 3.63) is 144 Å². The van der Waals surface area contributed by atoms with Gasteiger partial charge < -0.3 is 24.3 Å². The number of aliphatic carboxylic acids is 1. The third-order valence-electron chi connectivity index (χ3n) is 7.06. The third kappa shape index (κ3) is 8.27. The molecule has 0 radical (unpaired) electrons. The van der Waals surface area contributed by atoms with E-state index in [2.05, 4.69) is 65.6 Å². The number of nitrogens with zero attached hydrogens (tertiary/aromatic N) is 2. The van der Waals surface area contributed by atoms with E-state index in [0.717, 1.165) is 50.8 Å². The topological polar surface area (TPSA) is 65.7 Å². The number of anilines is 3. The molecule has 226 valence electrons. The summed E-state index contributed by atoms with van der Waals surface area (Å²) in [6.45, 7) is 4.79. The lowest BCUT2D eigenvalue weighted by atomic mass is 10.1. The maximum Gasteiger partial charge on any atom is 0.187 e. The van der Waals surface area contributed by atoms with Crippen LogP contribution >= 0.6 is 0 Å². The lowest BCUT2D eigenvalue weighted by molar-refractivity contribution is -0.690. The first-order chi connectivity index (χ1) is 22.0. The molecule has 0 amide bonds. The molecule has 0 saturated carbocycles. The number of carboxylic acids is 1. The summed E-state index contributed by atoms with van der Waals surface area (Å²) in [5.74, 6) is 0.376. The number of hydrogen-bond donors (Lipinski definition) is 0. The van der Waals surface area contributed by atoms with Crippen molar-refractivity contribution in [3.8, 4) is 11.5 Å². The highest BCUT2D eigenvalue weighted by molar-refractivity contribution is 5.80. The molecular formula is C39H36N2O4. The van der Waals surface area contributed by atoms with Crippen LogP contribution in [0.4, 0.5) is 17.1 Å². The second kappa shape index (κ2) is 15.2. The van der Waals surface area contributed by atoms with E-state index >= 15 is 0 Å². The number of carbonyl (C=O) groups is 1. The van der Waals surface area contributed by atoms with Crippen molar-refractivity contribution in [1.82, 2.24) is 0 Å². The average Bonchev–Trinajstić information content (AvgIpc) is 3.06. The molecule has 6 heteroatoms. The number of carboxylic acid groups (broad SMARTS) is 1. The molecule has 45 heavy (non-hydrogen) atoms. The summed E-state index contributed by atoms with van der Waals surface area (Å²) < 4.78 is 13.6. The van der Waals surface area contributed by atoms with Crippen LogP contribution in [0, 0.1) is 0 Å². The van der Waals surface area contributed by atoms with Crippen LogP contribution in [0.3, 0.4) is 0 Å². The molecule has 0 saturated heterocycles. The van der Waals surface area contributed by atoms with Crippen LogP contribution in [0.15, 0.2) is 122 Å². The van der Waals surface area contributed by atoms with Crippen LogP contribution in [0.1, 0.15) is 36.1 Å². The summed E-state index contributed by atoms with van der Waals surface area (Å²) >= 11 is 0. The lowest BCUT2D eigenvalue weighted by Gasteiger charge is -2.25. The van der Waals surface area contributed by atoms with Gasteiger partial charge in [0.2, 0.25) is 0 Å². The predicted molar refractivity (Wildman–Crippen MR) is 179 cm³/mol. The molecule has 0 spiro atoms. The van der Waals surface area contributed by atoms with Gasteiger partial charge in [-0.25, -0.2) is 0 Å². The molecule has 1 aromatic heterocycles. The van der Waals surface area contributed by atoms with Gasteiger partial charge in [-0.3, -0.25) is 0 Å². The first-order valence-electron chi connectivity index (χ1n) is 15.0. The largest absolute Gasteiger partial charge is 0.544 e. The van der Waals surface area contributed by atoms with Gasteiger partial charge in [0.15, 0.2) is 18.9 Å². The van der Waals surface area contributed by atoms with Gasteiger partial charge in [-0.15, -0.1) is 0 Å². The Hall–Kier alpha value is -5.62. The Morgan fingerprint density at radius 1 is 0.644 bits per heavy atom. The van der Waals surface area contributed by atoms with E-state index in [1.807, 2.05) is 86.7 Å². The van der Waals surface area contributed by atoms with Crippen molar-refractivity contribution in [1.29, 1.82) is 0 Å². The number of hydrogen-bond acceptors (Lipinski definition) is 5. The molecule has 5 rings (SSSR count). The Morgan fingerprint density at radius 2 is 1.09 bits per heavy atom. The second-order valence-electron chi connectivity index (χ2n) is 10.2. The van der Waals surface area contributed by atoms with Gasteiger partial charge in [0.05, 0.1) is 13.2 Å². The van der Waals surface area contributed by atoms with E-state index in [-0.39, 0.29) is 6.54 Å². The van der Waals surface area contributed by atoms with Gasteiger partial charge in [-0.05, 0) is 73.5 Å². The zero-order valence-corrected chi connectivity index (χ0v) is 25.5. The smallest absolute Gasteiger partial charge is 0.187 e. The molecule has 0 unspecified atom stereocenters. The highest BCUT2D eigenvalue weighted by Crippen LogP contribution is 2.35. The van der Waals surface area contributed by atoms with Crippen molar-refractivity contribution in [3.63, 3.8) is 0 Å². The monoisotopic (exact) mass is 596 g/mol. The van der Waals surface area contributed by atoms with Gasteiger partial charge in [0.1, 0.15) is 17.5 Å². The van der Waals surface area contributed by atoms with E-state index in [0.29, 0.717) is 13.2 Å². The first-order valence-corrected chi connectivity index (χ1v) is 15.0. The number of benzene rings is 4. The number of carbonyl (C=O) groups excluding carboxylic acids is 1. The van der Waals surface area contributed by atoms with E-state index in [1.54, 1.807) is 17.0 Å². The highest BCUT2D eigenvalue weighted by Gasteiger charge is 2.12. The second-order valence-corrected chi connectivity index (χ2v) is 10.2. The van der Waals surface area contributed by atoms with Gasteiger partial charge >= 0.3 is 0 Å². The van der Waals surface area contributed by atoms with Crippen LogP contribution in [0.2, 0.25) is 0 Å². The first kappa shape index (κ1) is 30.8. The number of para-hydroxylation sites is 2. The third-order valence-corrected chi connectivity index (χ3v) is 7.06. The van der Waals surface area contributed by atoms with Crippen LogP contribution in [0.5, 0.6) is 11.5 Å². The Morgan fingerprint density at radius 3 is 1.53 bits per heavy atom. The highest BCUT2D eigenvalue weighted by atomic mass is 16.5. The standard InChI is InChI=1S/C39H36N2O4/c1-3-44-37-28-33(20-16-31-23-25-40(26-24-31)29-39(42)43)38(45-4-2)27-32(37)19-15-30-17-21-36(22-18-30)41(34-11-7-5-8-12-34)35-13-9-6-10-14-35/h5-28H,3-4,29H2,1-2H3. The summed E-state index contributed by atoms with van der Waals surface area (Å²) in [6, 6.07) is 36.9. The molecule has 1 heterocycles. The van der Waals surface area contributed by atoms with Crippen molar-refractivity contribution in [2.24, 2.45) is 0 Å². The minimum absolute atomic E-state index is 0.185. The van der Waals surface area contributed by atoms with Gasteiger partial charge in [0.25, 0.3) is 0 Å². The normalized spacial score (nSPS) is 11.2. The maximum absolute atomic E-state index is 10.9. The van der Waals surface area contributed by atoms with E-state index in [1.165, 1.54) is 0 Å². The molecule has 4 aromatic carbocycles. The number of ether oxygens (including phenoxy) is 2. The Kier molecular flexibility index (Phi) is 10.4. The Bertz CT molecular complexity index is 1710. The molecule has 0 aliphatic carbocycles.